The molecule has 0 bridgehead atoms. The lowest BCUT2D eigenvalue weighted by molar-refractivity contribution is 0.0837. The van der Waals surface area contributed by atoms with Crippen LogP contribution in [0.3, 0.4) is 0 Å². The van der Waals surface area contributed by atoms with Gasteiger partial charge in [-0.25, -0.2) is 0 Å². The zero-order valence-corrected chi connectivity index (χ0v) is 52.1. The first-order chi connectivity index (χ1) is 36.4. The van der Waals surface area contributed by atoms with Crippen molar-refractivity contribution in [3.05, 3.63) is 71.8 Å². The summed E-state index contributed by atoms with van der Waals surface area (Å²) in [5.41, 5.74) is 7.68. The second-order valence-corrected chi connectivity index (χ2v) is 42.0. The Morgan fingerprint density at radius 2 is 0.613 bits per heavy atom. The third-order valence-electron chi connectivity index (χ3n) is 28.0. The molecule has 2 heteroatoms. The van der Waals surface area contributed by atoms with Crippen LogP contribution in [-0.4, -0.2) is 16.1 Å². The van der Waals surface area contributed by atoms with E-state index in [4.69, 9.17) is 0 Å². The first-order valence-electron chi connectivity index (χ1n) is 34.5. The van der Waals surface area contributed by atoms with Crippen molar-refractivity contribution in [2.45, 2.75) is 274 Å². The molecule has 0 saturated heterocycles. The van der Waals surface area contributed by atoms with Crippen LogP contribution in [0.4, 0.5) is 0 Å². The SMILES string of the molecule is CC1CC2C(CCCCCC3CCCC4C3CC(C)C4[Si](C)(C)C3C(C)CC4C(C5CCCCC5c5ccccc5)CCCC43)CCCC2C1[Si](C)(C)C1C(C)CC2C(C3CCCCC3c3ccccc3)CCCC21. The predicted molar refractivity (Wildman–Crippen MR) is 328 cm³/mol. The van der Waals surface area contributed by atoms with Gasteiger partial charge < -0.3 is 0 Å². The van der Waals surface area contributed by atoms with Gasteiger partial charge in [0.25, 0.3) is 0 Å². The average molecular weight is 1050 g/mol. The minimum Gasteiger partial charge on any atom is -0.0689 e. The standard InChI is InChI=1S/C73H116Si2/c1-48-44-66-54(32-22-40-62(66)70(48)74(5,6)72-50(3)46-68-60(38-24-42-64(68)72)58-36-20-18-34-56(58)52-26-12-9-13-27-52)30-16-11-17-31-55-33-23-41-63-67(55)45-49(2)71(63)75(7,8)73-51(4)47-69-61(39-25-43-65(69)73)59-37-21-19-35-57(59)53-28-14-10-15-29-53/h9-10,12-15,26-29,48-51,54-73H,11,16-25,30-47H2,1-8H3. The molecule has 0 N–H and O–H groups in total. The van der Waals surface area contributed by atoms with Gasteiger partial charge >= 0.3 is 0 Å². The molecule has 0 aliphatic heterocycles. The van der Waals surface area contributed by atoms with Gasteiger partial charge in [0.05, 0.1) is 16.1 Å². The van der Waals surface area contributed by atoms with Crippen molar-refractivity contribution in [1.82, 2.24) is 0 Å². The highest BCUT2D eigenvalue weighted by molar-refractivity contribution is 6.81. The normalized spacial score (nSPS) is 46.2. The molecule has 12 rings (SSSR count). The van der Waals surface area contributed by atoms with Gasteiger partial charge in [0.1, 0.15) is 0 Å². The van der Waals surface area contributed by atoms with Crippen molar-refractivity contribution >= 4 is 16.1 Å². The molecule has 0 radical (unpaired) electrons. The zero-order valence-electron chi connectivity index (χ0n) is 50.1. The Morgan fingerprint density at radius 1 is 0.307 bits per heavy atom. The van der Waals surface area contributed by atoms with Gasteiger partial charge in [-0.1, -0.05) is 237 Å². The lowest BCUT2D eigenvalue weighted by Gasteiger charge is -2.50. The lowest BCUT2D eigenvalue weighted by atomic mass is 9.61. The van der Waals surface area contributed by atoms with E-state index in [2.05, 4.69) is 115 Å². The van der Waals surface area contributed by atoms with Crippen LogP contribution < -0.4 is 0 Å². The Labute approximate surface area is 465 Å². The quantitative estimate of drug-likeness (QED) is 0.131. The van der Waals surface area contributed by atoms with E-state index < -0.39 is 16.1 Å². The molecule has 10 aliphatic carbocycles. The largest absolute Gasteiger partial charge is 0.0689 e. The Bertz CT molecular complexity index is 1980. The summed E-state index contributed by atoms with van der Waals surface area (Å²) in [5.74, 6) is 19.9. The molecule has 0 nitrogen and oxygen atoms in total. The van der Waals surface area contributed by atoms with Gasteiger partial charge in [0.15, 0.2) is 0 Å². The summed E-state index contributed by atoms with van der Waals surface area (Å²) < 4.78 is 0. The van der Waals surface area contributed by atoms with E-state index in [0.29, 0.717) is 0 Å². The predicted octanol–water partition coefficient (Wildman–Crippen LogP) is 22.1. The average Bonchev–Trinajstić information content (AvgIpc) is 4.22. The molecule has 0 spiro atoms. The molecule has 10 saturated carbocycles. The van der Waals surface area contributed by atoms with E-state index in [1.165, 1.54) is 70.6 Å². The highest BCUT2D eigenvalue weighted by Gasteiger charge is 2.62. The van der Waals surface area contributed by atoms with Crippen molar-refractivity contribution in [3.63, 3.8) is 0 Å². The second kappa shape index (κ2) is 23.0. The maximum absolute atomic E-state index is 3.00. The maximum atomic E-state index is 3.00. The Hall–Kier alpha value is -1.13. The molecule has 0 heterocycles. The summed E-state index contributed by atoms with van der Waals surface area (Å²) in [5, 5.41) is 0. The summed E-state index contributed by atoms with van der Waals surface area (Å²) in [6.45, 7) is 23.2. The molecule has 0 aromatic heterocycles. The summed E-state index contributed by atoms with van der Waals surface area (Å²) in [6.07, 6.45) is 44.6. The molecule has 2 aromatic rings. The van der Waals surface area contributed by atoms with Crippen LogP contribution in [0.25, 0.3) is 0 Å². The zero-order chi connectivity index (χ0) is 51.6. The van der Waals surface area contributed by atoms with Crippen molar-refractivity contribution in [1.29, 1.82) is 0 Å². The molecule has 416 valence electrons. The Balaban J connectivity index is 0.647. The summed E-state index contributed by atoms with van der Waals surface area (Å²) in [7, 11) is -3.01. The highest BCUT2D eigenvalue weighted by atomic mass is 28.3. The monoisotopic (exact) mass is 1050 g/mol. The number of benzene rings is 2. The molecule has 24 atom stereocenters. The van der Waals surface area contributed by atoms with Crippen LogP contribution >= 0.6 is 0 Å². The minimum atomic E-state index is -1.51. The summed E-state index contributed by atoms with van der Waals surface area (Å²) in [6, 6.07) is 23.8. The first-order valence-corrected chi connectivity index (χ1v) is 40.8. The minimum absolute atomic E-state index is 0.824. The summed E-state index contributed by atoms with van der Waals surface area (Å²) in [4.78, 5) is 0. The van der Waals surface area contributed by atoms with E-state index in [-0.39, 0.29) is 0 Å². The third-order valence-corrected chi connectivity index (χ3v) is 38.9. The van der Waals surface area contributed by atoms with Gasteiger partial charge in [-0.2, -0.15) is 0 Å². The van der Waals surface area contributed by atoms with Crippen LogP contribution in [0.2, 0.25) is 48.4 Å². The van der Waals surface area contributed by atoms with Gasteiger partial charge in [-0.15, -0.1) is 0 Å². The van der Waals surface area contributed by atoms with Gasteiger partial charge in [-0.3, -0.25) is 0 Å². The third kappa shape index (κ3) is 10.3. The van der Waals surface area contributed by atoms with Crippen LogP contribution in [0, 0.1) is 107 Å². The number of hydrogen-bond acceptors (Lipinski definition) is 0. The van der Waals surface area contributed by atoms with E-state index in [0.717, 1.165) is 141 Å². The molecule has 75 heavy (non-hydrogen) atoms. The molecular formula is C73H116Si2. The fourth-order valence-corrected chi connectivity index (χ4v) is 40.0. The van der Waals surface area contributed by atoms with Crippen LogP contribution in [0.15, 0.2) is 60.7 Å². The van der Waals surface area contributed by atoms with Gasteiger partial charge in [0.2, 0.25) is 0 Å². The molecule has 0 amide bonds. The summed E-state index contributed by atoms with van der Waals surface area (Å²) >= 11 is 0. The smallest absolute Gasteiger partial charge is 0.0546 e. The van der Waals surface area contributed by atoms with Gasteiger partial charge in [0, 0.05) is 0 Å². The van der Waals surface area contributed by atoms with E-state index >= 15 is 0 Å². The fraction of sp³-hybridized carbons (Fsp3) is 0.836. The van der Waals surface area contributed by atoms with Crippen LogP contribution in [0.5, 0.6) is 0 Å². The maximum Gasteiger partial charge on any atom is 0.0546 e. The second-order valence-electron chi connectivity index (χ2n) is 32.0. The molecule has 10 aliphatic rings. The Kier molecular flexibility index (Phi) is 16.7. The van der Waals surface area contributed by atoms with Crippen molar-refractivity contribution in [3.8, 4) is 0 Å². The highest BCUT2D eigenvalue weighted by Crippen LogP contribution is 2.70. The molecule has 24 unspecified atom stereocenters. The number of rotatable bonds is 14. The first kappa shape index (κ1) is 54.5. The van der Waals surface area contributed by atoms with Crippen molar-refractivity contribution < 1.29 is 0 Å². The van der Waals surface area contributed by atoms with Crippen LogP contribution in [-0.2, 0) is 0 Å². The van der Waals surface area contributed by atoms with Crippen LogP contribution in [0.1, 0.15) is 237 Å². The van der Waals surface area contributed by atoms with Gasteiger partial charge in [-0.05, 0) is 216 Å². The van der Waals surface area contributed by atoms with E-state index in [1.54, 1.807) is 127 Å². The lowest BCUT2D eigenvalue weighted by Crippen LogP contribution is -2.47. The fourth-order valence-electron chi connectivity index (χ4n) is 26.6. The van der Waals surface area contributed by atoms with Crippen molar-refractivity contribution in [2.24, 2.45) is 107 Å². The topological polar surface area (TPSA) is 0 Å². The number of unbranched alkanes of at least 4 members (excludes halogenated alkanes) is 2. The van der Waals surface area contributed by atoms with Crippen molar-refractivity contribution in [2.75, 3.05) is 0 Å². The molecule has 10 fully saturated rings. The number of fused-ring (bicyclic) bond motifs is 4. The van der Waals surface area contributed by atoms with E-state index in [9.17, 15) is 0 Å². The molecular weight excluding hydrogens is 933 g/mol. The molecule has 2 aromatic carbocycles. The number of hydrogen-bond donors (Lipinski definition) is 0. The van der Waals surface area contributed by atoms with E-state index in [1.807, 2.05) is 0 Å². The Morgan fingerprint density at radius 3 is 1.00 bits per heavy atom.